The van der Waals surface area contributed by atoms with Gasteiger partial charge in [0.15, 0.2) is 5.82 Å². The van der Waals surface area contributed by atoms with E-state index in [9.17, 15) is 4.79 Å². The van der Waals surface area contributed by atoms with E-state index in [1.165, 1.54) is 0 Å². The number of hydrogen-bond donors (Lipinski definition) is 1. The number of carbonyl (C=O) groups is 1. The van der Waals surface area contributed by atoms with Crippen LogP contribution in [0.3, 0.4) is 0 Å². The zero-order valence-electron chi connectivity index (χ0n) is 16.2. The number of nitrogens with zero attached hydrogens (tertiary/aromatic N) is 5. The molecule has 1 N–H and O–H groups in total. The van der Waals surface area contributed by atoms with Gasteiger partial charge in [-0.1, -0.05) is 36.4 Å². The molecule has 3 heterocycles. The van der Waals surface area contributed by atoms with E-state index in [1.807, 2.05) is 84.3 Å². The average molecular weight is 394 g/mol. The highest BCUT2D eigenvalue weighted by atomic mass is 16.1. The minimum absolute atomic E-state index is 0.276. The molecule has 5 aromatic rings. The molecule has 0 bridgehead atoms. The monoisotopic (exact) mass is 394 g/mol. The SMILES string of the molecule is Cc1c(C(=O)Nc2nc3ccccc3n2-c2ccccc2)cnn1-c1ccccn1. The number of anilines is 1. The fraction of sp³-hybridized carbons (Fsp3) is 0.0435. The van der Waals surface area contributed by atoms with E-state index in [-0.39, 0.29) is 5.91 Å². The minimum Gasteiger partial charge on any atom is -0.291 e. The van der Waals surface area contributed by atoms with Crippen LogP contribution >= 0.6 is 0 Å². The third-order valence-electron chi connectivity index (χ3n) is 4.92. The topological polar surface area (TPSA) is 77.6 Å². The Morgan fingerprint density at radius 1 is 0.933 bits per heavy atom. The molecule has 0 aliphatic heterocycles. The predicted molar refractivity (Wildman–Crippen MR) is 115 cm³/mol. The quantitative estimate of drug-likeness (QED) is 0.496. The minimum atomic E-state index is -0.276. The number of nitrogens with one attached hydrogen (secondary N) is 1. The Labute approximate surface area is 172 Å². The van der Waals surface area contributed by atoms with Crippen LogP contribution in [0.15, 0.2) is 85.2 Å². The molecule has 30 heavy (non-hydrogen) atoms. The van der Waals surface area contributed by atoms with Crippen LogP contribution in [-0.4, -0.2) is 30.2 Å². The summed E-state index contributed by atoms with van der Waals surface area (Å²) in [6, 6.07) is 23.2. The number of pyridine rings is 1. The van der Waals surface area contributed by atoms with E-state index in [0.29, 0.717) is 23.0 Å². The molecule has 7 nitrogen and oxygen atoms in total. The van der Waals surface area contributed by atoms with Gasteiger partial charge in [0.1, 0.15) is 0 Å². The van der Waals surface area contributed by atoms with Crippen LogP contribution in [0, 0.1) is 6.92 Å². The van der Waals surface area contributed by atoms with Crippen molar-refractivity contribution in [3.63, 3.8) is 0 Å². The van der Waals surface area contributed by atoms with Crippen molar-refractivity contribution in [2.24, 2.45) is 0 Å². The number of hydrogen-bond acceptors (Lipinski definition) is 4. The maximum atomic E-state index is 13.1. The first-order valence-electron chi connectivity index (χ1n) is 9.52. The Balaban J connectivity index is 1.54. The Bertz CT molecular complexity index is 1340. The van der Waals surface area contributed by atoms with Crippen LogP contribution in [0.4, 0.5) is 5.95 Å². The van der Waals surface area contributed by atoms with Crippen molar-refractivity contribution in [2.45, 2.75) is 6.92 Å². The lowest BCUT2D eigenvalue weighted by molar-refractivity contribution is 0.102. The van der Waals surface area contributed by atoms with Gasteiger partial charge < -0.3 is 0 Å². The van der Waals surface area contributed by atoms with Gasteiger partial charge in [-0.15, -0.1) is 0 Å². The summed E-state index contributed by atoms with van der Waals surface area (Å²) in [4.78, 5) is 22.0. The fourth-order valence-electron chi connectivity index (χ4n) is 3.46. The second kappa shape index (κ2) is 7.29. The predicted octanol–water partition coefficient (Wildman–Crippen LogP) is 4.17. The lowest BCUT2D eigenvalue weighted by Gasteiger charge is -2.10. The van der Waals surface area contributed by atoms with Crippen LogP contribution in [0.5, 0.6) is 0 Å². The maximum absolute atomic E-state index is 13.1. The van der Waals surface area contributed by atoms with Gasteiger partial charge in [0, 0.05) is 11.9 Å². The highest BCUT2D eigenvalue weighted by Crippen LogP contribution is 2.25. The normalized spacial score (nSPS) is 11.0. The number of aromatic nitrogens is 5. The van der Waals surface area contributed by atoms with Gasteiger partial charge >= 0.3 is 0 Å². The molecule has 0 atom stereocenters. The lowest BCUT2D eigenvalue weighted by Crippen LogP contribution is -2.16. The third-order valence-corrected chi connectivity index (χ3v) is 4.92. The summed E-state index contributed by atoms with van der Waals surface area (Å²) in [7, 11) is 0. The maximum Gasteiger partial charge on any atom is 0.261 e. The zero-order valence-corrected chi connectivity index (χ0v) is 16.2. The van der Waals surface area contributed by atoms with E-state index in [0.717, 1.165) is 16.7 Å². The van der Waals surface area contributed by atoms with Gasteiger partial charge in [0.25, 0.3) is 5.91 Å². The van der Waals surface area contributed by atoms with Gasteiger partial charge in [-0.25, -0.2) is 14.6 Å². The van der Waals surface area contributed by atoms with Gasteiger partial charge in [-0.2, -0.15) is 5.10 Å². The number of fused-ring (bicyclic) bond motifs is 1. The molecular formula is C23H18N6O. The molecule has 0 saturated heterocycles. The van der Waals surface area contributed by atoms with Crippen molar-refractivity contribution in [1.82, 2.24) is 24.3 Å². The molecule has 0 unspecified atom stereocenters. The van der Waals surface area contributed by atoms with E-state index >= 15 is 0 Å². The Kier molecular flexibility index (Phi) is 4.33. The number of amides is 1. The molecule has 1 amide bonds. The molecule has 3 aromatic heterocycles. The first kappa shape index (κ1) is 17.8. The van der Waals surface area contributed by atoms with Crippen LogP contribution in [0.2, 0.25) is 0 Å². The largest absolute Gasteiger partial charge is 0.291 e. The van der Waals surface area contributed by atoms with Crippen molar-refractivity contribution >= 4 is 22.9 Å². The Hall–Kier alpha value is -4.26. The van der Waals surface area contributed by atoms with E-state index < -0.39 is 0 Å². The molecule has 0 aliphatic carbocycles. The van der Waals surface area contributed by atoms with Gasteiger partial charge in [-0.05, 0) is 43.3 Å². The molecule has 0 aliphatic rings. The third kappa shape index (κ3) is 3.02. The number of para-hydroxylation sites is 3. The van der Waals surface area contributed by atoms with Gasteiger partial charge in [-0.3, -0.25) is 14.7 Å². The first-order valence-corrected chi connectivity index (χ1v) is 9.52. The van der Waals surface area contributed by atoms with E-state index in [2.05, 4.69) is 20.4 Å². The smallest absolute Gasteiger partial charge is 0.261 e. The first-order chi connectivity index (χ1) is 14.7. The summed E-state index contributed by atoms with van der Waals surface area (Å²) in [6.07, 6.45) is 3.24. The summed E-state index contributed by atoms with van der Waals surface area (Å²) in [5, 5.41) is 7.30. The van der Waals surface area contributed by atoms with Crippen LogP contribution in [0.25, 0.3) is 22.5 Å². The second-order valence-electron chi connectivity index (χ2n) is 6.79. The van der Waals surface area contributed by atoms with Crippen molar-refractivity contribution in [3.8, 4) is 11.5 Å². The standard InChI is InChI=1S/C23H18N6O/c1-16-18(15-25-29(16)21-13-7-8-14-24-21)22(30)27-23-26-19-11-5-6-12-20(19)28(23)17-9-3-2-4-10-17/h2-15H,1H3,(H,26,27,30). The molecule has 5 rings (SSSR count). The van der Waals surface area contributed by atoms with Crippen LogP contribution in [-0.2, 0) is 0 Å². The number of imidazole rings is 1. The Morgan fingerprint density at radius 3 is 2.50 bits per heavy atom. The average Bonchev–Trinajstić information content (AvgIpc) is 3.35. The van der Waals surface area contributed by atoms with E-state index in [1.54, 1.807) is 17.1 Å². The lowest BCUT2D eigenvalue weighted by atomic mass is 10.2. The number of carbonyl (C=O) groups excluding carboxylic acids is 1. The molecular weight excluding hydrogens is 376 g/mol. The summed E-state index contributed by atoms with van der Waals surface area (Å²) in [5.41, 5.74) is 3.81. The summed E-state index contributed by atoms with van der Waals surface area (Å²) >= 11 is 0. The van der Waals surface area contributed by atoms with Crippen molar-refractivity contribution in [2.75, 3.05) is 5.32 Å². The van der Waals surface area contributed by atoms with Gasteiger partial charge in [0.05, 0.1) is 28.5 Å². The molecule has 0 spiro atoms. The van der Waals surface area contributed by atoms with Crippen molar-refractivity contribution in [1.29, 1.82) is 0 Å². The second-order valence-corrected chi connectivity index (χ2v) is 6.79. The molecule has 0 radical (unpaired) electrons. The highest BCUT2D eigenvalue weighted by Gasteiger charge is 2.19. The van der Waals surface area contributed by atoms with Gasteiger partial charge in [0.2, 0.25) is 5.95 Å². The number of rotatable bonds is 4. The molecule has 2 aromatic carbocycles. The molecule has 0 fully saturated rings. The van der Waals surface area contributed by atoms with Crippen molar-refractivity contribution < 1.29 is 4.79 Å². The molecule has 146 valence electrons. The van der Waals surface area contributed by atoms with E-state index in [4.69, 9.17) is 0 Å². The fourth-order valence-corrected chi connectivity index (χ4v) is 3.46. The molecule has 7 heteroatoms. The summed E-state index contributed by atoms with van der Waals surface area (Å²) in [6.45, 7) is 1.84. The number of benzene rings is 2. The summed E-state index contributed by atoms with van der Waals surface area (Å²) < 4.78 is 3.58. The van der Waals surface area contributed by atoms with Crippen molar-refractivity contribution in [3.05, 3.63) is 96.4 Å². The van der Waals surface area contributed by atoms with Crippen LogP contribution in [0.1, 0.15) is 16.1 Å². The summed E-state index contributed by atoms with van der Waals surface area (Å²) in [5.74, 6) is 0.838. The molecule has 0 saturated carbocycles. The highest BCUT2D eigenvalue weighted by molar-refractivity contribution is 6.05. The Morgan fingerprint density at radius 2 is 1.70 bits per heavy atom. The zero-order chi connectivity index (χ0) is 20.5. The van der Waals surface area contributed by atoms with Crippen LogP contribution < -0.4 is 5.32 Å².